The van der Waals surface area contributed by atoms with Gasteiger partial charge in [-0.15, -0.1) is 0 Å². The van der Waals surface area contributed by atoms with Gasteiger partial charge in [0.05, 0.1) is 17.0 Å². The van der Waals surface area contributed by atoms with Crippen LogP contribution in [0.2, 0.25) is 5.02 Å². The average Bonchev–Trinajstić information content (AvgIpc) is 2.27. The van der Waals surface area contributed by atoms with E-state index in [1.807, 2.05) is 20.8 Å². The molecule has 0 bridgehead atoms. The van der Waals surface area contributed by atoms with Gasteiger partial charge >= 0.3 is 0 Å². The summed E-state index contributed by atoms with van der Waals surface area (Å²) >= 11 is 5.79. The van der Waals surface area contributed by atoms with Crippen LogP contribution in [0, 0.1) is 0 Å². The van der Waals surface area contributed by atoms with Gasteiger partial charge < -0.3 is 15.8 Å². The van der Waals surface area contributed by atoms with E-state index in [1.165, 1.54) is 0 Å². The third kappa shape index (κ3) is 6.45. The fourth-order valence-corrected chi connectivity index (χ4v) is 1.65. The Morgan fingerprint density at radius 2 is 2.11 bits per heavy atom. The number of carbonyl (C=O) groups excluding carboxylic acids is 1. The molecule has 0 saturated heterocycles. The van der Waals surface area contributed by atoms with Gasteiger partial charge in [0, 0.05) is 18.1 Å². The highest BCUT2D eigenvalue weighted by atomic mass is 35.5. The van der Waals surface area contributed by atoms with Crippen molar-refractivity contribution in [3.63, 3.8) is 0 Å². The zero-order chi connectivity index (χ0) is 14.5. The molecule has 0 fully saturated rings. The average molecular weight is 285 g/mol. The number of nitrogens with one attached hydrogen (secondary N) is 1. The van der Waals surface area contributed by atoms with E-state index in [9.17, 15) is 4.79 Å². The summed E-state index contributed by atoms with van der Waals surface area (Å²) in [6, 6.07) is 5.00. The fraction of sp³-hybridized carbons (Fsp3) is 0.500. The lowest BCUT2D eigenvalue weighted by Gasteiger charge is -2.19. The molecule has 0 aliphatic carbocycles. The van der Waals surface area contributed by atoms with Crippen LogP contribution in [-0.4, -0.2) is 18.1 Å². The summed E-state index contributed by atoms with van der Waals surface area (Å²) in [6.07, 6.45) is 1.08. The monoisotopic (exact) mass is 284 g/mol. The highest BCUT2D eigenvalue weighted by molar-refractivity contribution is 6.31. The van der Waals surface area contributed by atoms with Gasteiger partial charge in [0.25, 0.3) is 0 Å². The molecule has 3 N–H and O–H groups in total. The number of anilines is 2. The van der Waals surface area contributed by atoms with Crippen molar-refractivity contribution in [2.45, 2.75) is 39.2 Å². The molecule has 1 rings (SSSR count). The van der Waals surface area contributed by atoms with E-state index < -0.39 is 0 Å². The van der Waals surface area contributed by atoms with Crippen LogP contribution in [0.25, 0.3) is 0 Å². The molecule has 4 nitrogen and oxygen atoms in total. The Morgan fingerprint density at radius 1 is 1.42 bits per heavy atom. The number of rotatable bonds is 5. The van der Waals surface area contributed by atoms with Crippen LogP contribution >= 0.6 is 11.6 Å². The molecule has 19 heavy (non-hydrogen) atoms. The first-order valence-corrected chi connectivity index (χ1v) is 6.64. The van der Waals surface area contributed by atoms with E-state index in [2.05, 4.69) is 5.32 Å². The maximum Gasteiger partial charge on any atom is 0.224 e. The molecule has 0 aliphatic rings. The van der Waals surface area contributed by atoms with Gasteiger partial charge in [-0.2, -0.15) is 0 Å². The summed E-state index contributed by atoms with van der Waals surface area (Å²) in [5.41, 5.74) is 6.64. The van der Waals surface area contributed by atoms with Crippen molar-refractivity contribution in [1.82, 2.24) is 0 Å². The molecular formula is C14H21ClN2O2. The van der Waals surface area contributed by atoms with Crippen molar-refractivity contribution in [2.24, 2.45) is 0 Å². The van der Waals surface area contributed by atoms with Gasteiger partial charge in [-0.25, -0.2) is 0 Å². The first-order valence-electron chi connectivity index (χ1n) is 6.27. The standard InChI is InChI=1S/C14H21ClN2O2/c1-14(2,3)19-8-4-5-13(18)17-12-7-6-10(15)9-11(12)16/h6-7,9H,4-5,8,16H2,1-3H3,(H,17,18). The van der Waals surface area contributed by atoms with Crippen molar-refractivity contribution in [3.8, 4) is 0 Å². The molecule has 0 heterocycles. The second-order valence-electron chi connectivity index (χ2n) is 5.34. The minimum absolute atomic E-state index is 0.0773. The maximum absolute atomic E-state index is 11.7. The summed E-state index contributed by atoms with van der Waals surface area (Å²) in [6.45, 7) is 6.53. The van der Waals surface area contributed by atoms with E-state index >= 15 is 0 Å². The summed E-state index contributed by atoms with van der Waals surface area (Å²) < 4.78 is 5.55. The lowest BCUT2D eigenvalue weighted by molar-refractivity contribution is -0.116. The molecular weight excluding hydrogens is 264 g/mol. The summed E-state index contributed by atoms with van der Waals surface area (Å²) in [7, 11) is 0. The minimum atomic E-state index is -0.170. The number of benzene rings is 1. The van der Waals surface area contributed by atoms with E-state index in [-0.39, 0.29) is 11.5 Å². The van der Waals surface area contributed by atoms with E-state index in [4.69, 9.17) is 22.1 Å². The predicted octanol–water partition coefficient (Wildman–Crippen LogP) is 3.46. The number of ether oxygens (including phenoxy) is 1. The Kier molecular flexibility index (Phi) is 5.63. The zero-order valence-electron chi connectivity index (χ0n) is 11.6. The number of carbonyl (C=O) groups is 1. The highest BCUT2D eigenvalue weighted by Gasteiger charge is 2.10. The lowest BCUT2D eigenvalue weighted by atomic mass is 10.2. The van der Waals surface area contributed by atoms with Gasteiger partial charge in [-0.1, -0.05) is 11.6 Å². The molecule has 1 amide bonds. The van der Waals surface area contributed by atoms with E-state index in [0.717, 1.165) is 0 Å². The molecule has 5 heteroatoms. The van der Waals surface area contributed by atoms with Crippen LogP contribution in [0.5, 0.6) is 0 Å². The van der Waals surface area contributed by atoms with Crippen molar-refractivity contribution < 1.29 is 9.53 Å². The largest absolute Gasteiger partial charge is 0.397 e. The molecule has 0 spiro atoms. The summed E-state index contributed by atoms with van der Waals surface area (Å²) in [4.78, 5) is 11.7. The molecule has 1 aromatic carbocycles. The molecule has 0 radical (unpaired) electrons. The van der Waals surface area contributed by atoms with Crippen LogP contribution in [0.1, 0.15) is 33.6 Å². The Balaban J connectivity index is 2.35. The smallest absolute Gasteiger partial charge is 0.224 e. The second-order valence-corrected chi connectivity index (χ2v) is 5.78. The molecule has 0 aromatic heterocycles. The molecule has 0 saturated carbocycles. The van der Waals surface area contributed by atoms with E-state index in [1.54, 1.807) is 18.2 Å². The number of hydrogen-bond acceptors (Lipinski definition) is 3. The van der Waals surface area contributed by atoms with Crippen molar-refractivity contribution in [3.05, 3.63) is 23.2 Å². The number of halogens is 1. The van der Waals surface area contributed by atoms with Crippen molar-refractivity contribution in [2.75, 3.05) is 17.7 Å². The van der Waals surface area contributed by atoms with Crippen LogP contribution in [0.3, 0.4) is 0 Å². The Morgan fingerprint density at radius 3 is 2.68 bits per heavy atom. The van der Waals surface area contributed by atoms with Gasteiger partial charge in [-0.05, 0) is 45.4 Å². The molecule has 0 unspecified atom stereocenters. The third-order valence-electron chi connectivity index (χ3n) is 2.37. The molecule has 0 aliphatic heterocycles. The second kappa shape index (κ2) is 6.78. The first-order chi connectivity index (χ1) is 8.78. The van der Waals surface area contributed by atoms with Crippen molar-refractivity contribution >= 4 is 28.9 Å². The fourth-order valence-electron chi connectivity index (χ4n) is 1.47. The van der Waals surface area contributed by atoms with Crippen LogP contribution in [0.15, 0.2) is 18.2 Å². The SMILES string of the molecule is CC(C)(C)OCCCC(=O)Nc1ccc(Cl)cc1N. The van der Waals surface area contributed by atoms with Gasteiger partial charge in [0.2, 0.25) is 5.91 Å². The summed E-state index contributed by atoms with van der Waals surface area (Å²) in [5.74, 6) is -0.0773. The first kappa shape index (κ1) is 15.8. The zero-order valence-corrected chi connectivity index (χ0v) is 12.4. The maximum atomic E-state index is 11.7. The van der Waals surface area contributed by atoms with Gasteiger partial charge in [0.15, 0.2) is 0 Å². The van der Waals surface area contributed by atoms with Crippen molar-refractivity contribution in [1.29, 1.82) is 0 Å². The van der Waals surface area contributed by atoms with Crippen LogP contribution in [0.4, 0.5) is 11.4 Å². The van der Waals surface area contributed by atoms with Crippen LogP contribution < -0.4 is 11.1 Å². The number of nitrogen functional groups attached to an aromatic ring is 1. The lowest BCUT2D eigenvalue weighted by Crippen LogP contribution is -2.21. The Bertz CT molecular complexity index is 442. The molecule has 0 atom stereocenters. The predicted molar refractivity (Wildman–Crippen MR) is 79.4 cm³/mol. The normalized spacial score (nSPS) is 11.4. The number of nitrogens with two attached hydrogens (primary N) is 1. The van der Waals surface area contributed by atoms with Gasteiger partial charge in [0.1, 0.15) is 0 Å². The quantitative estimate of drug-likeness (QED) is 0.643. The summed E-state index contributed by atoms with van der Waals surface area (Å²) in [5, 5.41) is 3.31. The molecule has 106 valence electrons. The minimum Gasteiger partial charge on any atom is -0.397 e. The van der Waals surface area contributed by atoms with Gasteiger partial charge in [-0.3, -0.25) is 4.79 Å². The van der Waals surface area contributed by atoms with Crippen LogP contribution in [-0.2, 0) is 9.53 Å². The Labute approximate surface area is 119 Å². The highest BCUT2D eigenvalue weighted by Crippen LogP contribution is 2.22. The van der Waals surface area contributed by atoms with E-state index in [0.29, 0.717) is 35.8 Å². The number of hydrogen-bond donors (Lipinski definition) is 2. The topological polar surface area (TPSA) is 64.3 Å². The molecule has 1 aromatic rings. The Hall–Kier alpha value is -1.26. The third-order valence-corrected chi connectivity index (χ3v) is 2.61. The number of amides is 1.